The molecule has 1 fully saturated rings. The molecule has 0 aromatic carbocycles. The molecule has 0 aliphatic carbocycles. The van der Waals surface area contributed by atoms with E-state index in [-0.39, 0.29) is 11.6 Å². The van der Waals surface area contributed by atoms with Crippen LogP contribution in [-0.2, 0) is 14.2 Å². The lowest BCUT2D eigenvalue weighted by atomic mass is 9.72. The fraction of sp³-hybridized carbons (Fsp3) is 0.917. The summed E-state index contributed by atoms with van der Waals surface area (Å²) in [6, 6.07) is 0. The molecule has 0 bridgehead atoms. The van der Waals surface area contributed by atoms with Gasteiger partial charge in [0.1, 0.15) is 0 Å². The van der Waals surface area contributed by atoms with Gasteiger partial charge in [-0.05, 0) is 12.3 Å². The highest BCUT2D eigenvalue weighted by molar-refractivity contribution is 5.77. The topological polar surface area (TPSA) is 40.0 Å². The van der Waals surface area contributed by atoms with Gasteiger partial charge in [0, 0.05) is 14.0 Å². The van der Waals surface area contributed by atoms with E-state index in [1.165, 1.54) is 0 Å². The lowest BCUT2D eigenvalue weighted by Crippen LogP contribution is -2.75. The molecular weight excluding hydrogens is 206 g/mol. The zero-order valence-electron chi connectivity index (χ0n) is 10.7. The Balaban J connectivity index is 2.40. The van der Waals surface area contributed by atoms with Gasteiger partial charge < -0.3 is 14.2 Å². The molecule has 4 heteroatoms. The Kier molecular flexibility index (Phi) is 2.75. The van der Waals surface area contributed by atoms with Crippen molar-refractivity contribution in [3.63, 3.8) is 0 Å². The second-order valence-electron chi connectivity index (χ2n) is 4.64. The number of fused-ring (bicyclic) bond motifs is 1. The molecule has 92 valence electrons. The van der Waals surface area contributed by atoms with Crippen LogP contribution in [-0.4, -0.2) is 30.6 Å². The summed E-state index contributed by atoms with van der Waals surface area (Å²) < 4.78 is 16.9. The smallest absolute Gasteiger partial charge is 0.357 e. The fourth-order valence-corrected chi connectivity index (χ4v) is 2.92. The van der Waals surface area contributed by atoms with Gasteiger partial charge in [-0.25, -0.2) is 4.99 Å². The Morgan fingerprint density at radius 1 is 1.50 bits per heavy atom. The number of rotatable bonds is 4. The van der Waals surface area contributed by atoms with E-state index in [0.717, 1.165) is 12.8 Å². The fourth-order valence-electron chi connectivity index (χ4n) is 2.92. The minimum Gasteiger partial charge on any atom is -0.424 e. The maximum Gasteiger partial charge on any atom is 0.357 e. The van der Waals surface area contributed by atoms with Crippen molar-refractivity contribution in [2.45, 2.75) is 58.2 Å². The largest absolute Gasteiger partial charge is 0.424 e. The average Bonchev–Trinajstić information content (AvgIpc) is 2.50. The molecule has 0 spiro atoms. The monoisotopic (exact) mass is 227 g/mol. The van der Waals surface area contributed by atoms with Gasteiger partial charge in [-0.2, -0.15) is 0 Å². The van der Waals surface area contributed by atoms with Gasteiger partial charge in [-0.3, -0.25) is 0 Å². The number of hydrogen-bond donors (Lipinski definition) is 0. The summed E-state index contributed by atoms with van der Waals surface area (Å²) in [7, 11) is 1.62. The summed E-state index contributed by atoms with van der Waals surface area (Å²) >= 11 is 0. The molecule has 2 rings (SSSR count). The highest BCUT2D eigenvalue weighted by Gasteiger charge is 2.76. The van der Waals surface area contributed by atoms with E-state index in [4.69, 9.17) is 19.2 Å². The van der Waals surface area contributed by atoms with Crippen molar-refractivity contribution in [3.05, 3.63) is 0 Å². The molecule has 0 N–H and O–H groups in total. The van der Waals surface area contributed by atoms with E-state index in [1.807, 2.05) is 6.92 Å². The molecule has 0 radical (unpaired) electrons. The molecule has 2 aliphatic rings. The van der Waals surface area contributed by atoms with Gasteiger partial charge in [0.25, 0.3) is 0 Å². The van der Waals surface area contributed by atoms with Crippen molar-refractivity contribution >= 4 is 5.90 Å². The minimum atomic E-state index is -0.965. The van der Waals surface area contributed by atoms with Crippen molar-refractivity contribution in [1.82, 2.24) is 0 Å². The zero-order valence-corrected chi connectivity index (χ0v) is 10.7. The van der Waals surface area contributed by atoms with Crippen molar-refractivity contribution < 1.29 is 14.2 Å². The minimum absolute atomic E-state index is 0.0971. The summed E-state index contributed by atoms with van der Waals surface area (Å²) in [5.74, 6) is 0.0781. The van der Waals surface area contributed by atoms with Crippen LogP contribution < -0.4 is 0 Å². The van der Waals surface area contributed by atoms with Crippen LogP contribution in [0.1, 0.15) is 40.5 Å². The molecule has 1 saturated heterocycles. The first-order valence-electron chi connectivity index (χ1n) is 6.04. The normalized spacial score (nSPS) is 43.1. The Bertz CT molecular complexity index is 309. The average molecular weight is 227 g/mol. The number of methoxy groups -OCH3 is 1. The summed E-state index contributed by atoms with van der Waals surface area (Å²) in [5.41, 5.74) is -0.352. The predicted molar refractivity (Wildman–Crippen MR) is 61.3 cm³/mol. The molecule has 4 nitrogen and oxygen atoms in total. The zero-order chi connectivity index (χ0) is 12.0. The van der Waals surface area contributed by atoms with Crippen LogP contribution in [0.5, 0.6) is 0 Å². The van der Waals surface area contributed by atoms with E-state index < -0.39 is 5.97 Å². The molecule has 4 atom stereocenters. The van der Waals surface area contributed by atoms with Gasteiger partial charge in [0.2, 0.25) is 0 Å². The molecule has 0 aromatic rings. The van der Waals surface area contributed by atoms with Crippen LogP contribution in [0.2, 0.25) is 0 Å². The summed E-state index contributed by atoms with van der Waals surface area (Å²) in [4.78, 5) is 4.70. The Morgan fingerprint density at radius 3 is 2.69 bits per heavy atom. The predicted octanol–water partition coefficient (Wildman–Crippen LogP) is 2.33. The first-order chi connectivity index (χ1) is 7.56. The van der Waals surface area contributed by atoms with Crippen molar-refractivity contribution in [3.8, 4) is 0 Å². The number of hydrogen-bond acceptors (Lipinski definition) is 4. The molecule has 1 unspecified atom stereocenters. The molecule has 0 amide bonds. The van der Waals surface area contributed by atoms with E-state index in [1.54, 1.807) is 7.11 Å². The molecular formula is C12H21NO3. The summed E-state index contributed by atoms with van der Waals surface area (Å²) in [6.45, 7) is 8.31. The third kappa shape index (κ3) is 1.14. The van der Waals surface area contributed by atoms with E-state index in [9.17, 15) is 0 Å². The number of ether oxygens (including phenoxy) is 3. The van der Waals surface area contributed by atoms with E-state index in [0.29, 0.717) is 11.8 Å². The highest BCUT2D eigenvalue weighted by atomic mass is 16.9. The quantitative estimate of drug-likeness (QED) is 0.740. The third-order valence-electron chi connectivity index (χ3n) is 3.91. The molecule has 0 aromatic heterocycles. The maximum atomic E-state index is 5.79. The van der Waals surface area contributed by atoms with E-state index >= 15 is 0 Å². The molecule has 0 saturated carbocycles. The van der Waals surface area contributed by atoms with Crippen LogP contribution in [0.3, 0.4) is 0 Å². The van der Waals surface area contributed by atoms with Gasteiger partial charge >= 0.3 is 5.97 Å². The summed E-state index contributed by atoms with van der Waals surface area (Å²) in [5, 5.41) is 0. The number of aliphatic imine (C=N–C) groups is 1. The van der Waals surface area contributed by atoms with Gasteiger partial charge in [0.05, 0.1) is 6.10 Å². The van der Waals surface area contributed by atoms with Crippen molar-refractivity contribution in [1.29, 1.82) is 0 Å². The third-order valence-corrected chi connectivity index (χ3v) is 3.91. The second kappa shape index (κ2) is 3.70. The van der Waals surface area contributed by atoms with Crippen LogP contribution in [0, 0.1) is 5.92 Å². The van der Waals surface area contributed by atoms with Crippen molar-refractivity contribution in [2.75, 3.05) is 7.11 Å². The van der Waals surface area contributed by atoms with E-state index in [2.05, 4.69) is 20.8 Å². The standard InChI is InChI=1S/C12H21NO3/c1-6-8(3)11-10(7-2)16-12(11,14-5)15-9(4)13-11/h8,10H,6-7H2,1-5H3/t8?,10-,11-,12-/m0/s1. The lowest BCUT2D eigenvalue weighted by Gasteiger charge is -2.56. The Morgan fingerprint density at radius 2 is 2.19 bits per heavy atom. The van der Waals surface area contributed by atoms with Crippen molar-refractivity contribution in [2.24, 2.45) is 10.9 Å². The van der Waals surface area contributed by atoms with Crippen LogP contribution in [0.25, 0.3) is 0 Å². The lowest BCUT2D eigenvalue weighted by molar-refractivity contribution is -0.468. The molecule has 2 aliphatic heterocycles. The van der Waals surface area contributed by atoms with Crippen LogP contribution in [0.4, 0.5) is 0 Å². The summed E-state index contributed by atoms with van der Waals surface area (Å²) in [6.07, 6.45) is 2.06. The van der Waals surface area contributed by atoms with Crippen LogP contribution in [0.15, 0.2) is 4.99 Å². The highest BCUT2D eigenvalue weighted by Crippen LogP contribution is 2.56. The van der Waals surface area contributed by atoms with Gasteiger partial charge in [-0.15, -0.1) is 0 Å². The first kappa shape index (κ1) is 11.9. The first-order valence-corrected chi connectivity index (χ1v) is 6.04. The number of nitrogens with zero attached hydrogens (tertiary/aromatic N) is 1. The SMILES string of the molecule is CCC(C)[C@@]12N=C(C)O[C@]1(OC)O[C@H]2CC. The van der Waals surface area contributed by atoms with Crippen LogP contribution >= 0.6 is 0 Å². The Labute approximate surface area is 97.0 Å². The molecule has 2 heterocycles. The maximum absolute atomic E-state index is 5.79. The Hall–Kier alpha value is -0.610. The van der Waals surface area contributed by atoms with Gasteiger partial charge in [0.15, 0.2) is 11.4 Å². The van der Waals surface area contributed by atoms with Gasteiger partial charge in [-0.1, -0.05) is 27.2 Å². The molecule has 16 heavy (non-hydrogen) atoms. The second-order valence-corrected chi connectivity index (χ2v) is 4.64.